The fraction of sp³-hybridized carbons (Fsp3) is 0.273. The number of rotatable bonds is 5. The molecule has 1 amide bonds. The van der Waals surface area contributed by atoms with Gasteiger partial charge in [0, 0.05) is 22.6 Å². The Balaban J connectivity index is 1.32. The van der Waals surface area contributed by atoms with Gasteiger partial charge in [0.1, 0.15) is 0 Å². The summed E-state index contributed by atoms with van der Waals surface area (Å²) >= 11 is 4.84. The van der Waals surface area contributed by atoms with E-state index in [2.05, 4.69) is 12.1 Å². The second kappa shape index (κ2) is 8.83. The molecule has 2 aromatic heterocycles. The van der Waals surface area contributed by atoms with Gasteiger partial charge in [0.2, 0.25) is 0 Å². The number of thiophene rings is 2. The molecule has 5 rings (SSSR count). The van der Waals surface area contributed by atoms with Gasteiger partial charge in [-0.15, -0.1) is 34.4 Å². The molecule has 154 valence electrons. The van der Waals surface area contributed by atoms with Gasteiger partial charge in [-0.3, -0.25) is 4.79 Å². The standard InChI is InChI=1S/C22H20N2O3S3/c25-22(14-30-15-6-7-18-19(12-15)27-9-3-8-26-18)24-17(21-5-2-11-29-21)13-16(23-24)20-4-1-10-28-20/h1-2,4-7,10-12,17H,3,8-9,13-14H2. The number of amides is 1. The first kappa shape index (κ1) is 19.7. The summed E-state index contributed by atoms with van der Waals surface area (Å²) in [6, 6.07) is 14.0. The number of nitrogens with zero attached hydrogens (tertiary/aromatic N) is 2. The normalized spacial score (nSPS) is 18.2. The summed E-state index contributed by atoms with van der Waals surface area (Å²) < 4.78 is 11.5. The van der Waals surface area contributed by atoms with Crippen LogP contribution in [0.3, 0.4) is 0 Å². The van der Waals surface area contributed by atoms with E-state index < -0.39 is 0 Å². The van der Waals surface area contributed by atoms with Gasteiger partial charge in [0.15, 0.2) is 11.5 Å². The Kier molecular flexibility index (Phi) is 5.79. The maximum atomic E-state index is 13.1. The van der Waals surface area contributed by atoms with E-state index in [9.17, 15) is 4.79 Å². The van der Waals surface area contributed by atoms with Crippen molar-refractivity contribution < 1.29 is 14.3 Å². The summed E-state index contributed by atoms with van der Waals surface area (Å²) in [6.45, 7) is 1.32. The van der Waals surface area contributed by atoms with Crippen molar-refractivity contribution in [3.8, 4) is 11.5 Å². The third-order valence-corrected chi connectivity index (χ3v) is 7.80. The van der Waals surface area contributed by atoms with E-state index in [1.165, 1.54) is 16.6 Å². The van der Waals surface area contributed by atoms with E-state index in [1.807, 2.05) is 41.1 Å². The second-order valence-corrected chi connectivity index (χ2v) is 9.92. The quantitative estimate of drug-likeness (QED) is 0.480. The Hall–Kier alpha value is -2.29. The highest BCUT2D eigenvalue weighted by molar-refractivity contribution is 8.00. The van der Waals surface area contributed by atoms with E-state index in [1.54, 1.807) is 27.7 Å². The Morgan fingerprint density at radius 2 is 1.93 bits per heavy atom. The first-order valence-corrected chi connectivity index (χ1v) is 12.5. The highest BCUT2D eigenvalue weighted by Crippen LogP contribution is 2.37. The number of fused-ring (bicyclic) bond motifs is 1. The van der Waals surface area contributed by atoms with Crippen LogP contribution in [0.15, 0.2) is 63.2 Å². The maximum absolute atomic E-state index is 13.1. The number of ether oxygens (including phenoxy) is 2. The number of benzene rings is 1. The van der Waals surface area contributed by atoms with E-state index in [0.717, 1.165) is 39.8 Å². The van der Waals surface area contributed by atoms with E-state index in [4.69, 9.17) is 14.6 Å². The first-order valence-electron chi connectivity index (χ1n) is 9.77. The number of hydrogen-bond acceptors (Lipinski definition) is 7. The summed E-state index contributed by atoms with van der Waals surface area (Å²) in [4.78, 5) is 16.4. The summed E-state index contributed by atoms with van der Waals surface area (Å²) in [7, 11) is 0. The molecule has 5 nitrogen and oxygen atoms in total. The van der Waals surface area contributed by atoms with Crippen molar-refractivity contribution in [1.82, 2.24) is 5.01 Å². The zero-order valence-electron chi connectivity index (χ0n) is 16.2. The zero-order chi connectivity index (χ0) is 20.3. The molecule has 0 aliphatic carbocycles. The van der Waals surface area contributed by atoms with Crippen LogP contribution in [0.4, 0.5) is 0 Å². The zero-order valence-corrected chi connectivity index (χ0v) is 18.6. The SMILES string of the molecule is O=C(CSc1ccc2c(c1)OCCCO2)N1N=C(c2cccs2)CC1c1cccs1. The van der Waals surface area contributed by atoms with Crippen molar-refractivity contribution in [2.45, 2.75) is 23.8 Å². The van der Waals surface area contributed by atoms with Crippen molar-refractivity contribution in [3.63, 3.8) is 0 Å². The fourth-order valence-corrected chi connectivity index (χ4v) is 5.79. The molecule has 2 aliphatic rings. The maximum Gasteiger partial charge on any atom is 0.253 e. The number of hydrazone groups is 1. The van der Waals surface area contributed by atoms with Crippen LogP contribution in [0.1, 0.15) is 28.6 Å². The second-order valence-electron chi connectivity index (χ2n) is 6.95. The lowest BCUT2D eigenvalue weighted by Gasteiger charge is -2.20. The molecule has 4 heterocycles. The van der Waals surface area contributed by atoms with Crippen LogP contribution < -0.4 is 9.47 Å². The van der Waals surface area contributed by atoms with Gasteiger partial charge >= 0.3 is 0 Å². The molecule has 1 unspecified atom stereocenters. The molecule has 8 heteroatoms. The molecule has 30 heavy (non-hydrogen) atoms. The molecule has 1 aromatic carbocycles. The Morgan fingerprint density at radius 3 is 2.73 bits per heavy atom. The molecule has 3 aromatic rings. The summed E-state index contributed by atoms with van der Waals surface area (Å²) in [5.41, 5.74) is 0.984. The molecule has 0 bridgehead atoms. The van der Waals surface area contributed by atoms with Gasteiger partial charge in [0.25, 0.3) is 5.91 Å². The van der Waals surface area contributed by atoms with Crippen LogP contribution in [-0.2, 0) is 4.79 Å². The van der Waals surface area contributed by atoms with Crippen LogP contribution in [0.25, 0.3) is 0 Å². The van der Waals surface area contributed by atoms with Crippen LogP contribution in [0, 0.1) is 0 Å². The van der Waals surface area contributed by atoms with Gasteiger partial charge < -0.3 is 9.47 Å². The smallest absolute Gasteiger partial charge is 0.253 e. The summed E-state index contributed by atoms with van der Waals surface area (Å²) in [5, 5.41) is 10.5. The van der Waals surface area contributed by atoms with Gasteiger partial charge in [-0.25, -0.2) is 5.01 Å². The predicted octanol–water partition coefficient (Wildman–Crippen LogP) is 5.44. The first-order chi connectivity index (χ1) is 14.8. The van der Waals surface area contributed by atoms with Gasteiger partial charge in [0.05, 0.1) is 35.6 Å². The number of carbonyl (C=O) groups excluding carboxylic acids is 1. The lowest BCUT2D eigenvalue weighted by Crippen LogP contribution is -2.28. The molecule has 0 saturated heterocycles. The third-order valence-electron chi connectivity index (χ3n) is 4.92. The van der Waals surface area contributed by atoms with Crippen LogP contribution in [-0.4, -0.2) is 35.6 Å². The Labute approximate surface area is 187 Å². The van der Waals surface area contributed by atoms with E-state index in [0.29, 0.717) is 19.0 Å². The number of carbonyl (C=O) groups is 1. The fourth-order valence-electron chi connectivity index (χ4n) is 3.48. The molecule has 1 atom stereocenters. The number of thioether (sulfide) groups is 1. The summed E-state index contributed by atoms with van der Waals surface area (Å²) in [6.07, 6.45) is 1.63. The van der Waals surface area contributed by atoms with E-state index in [-0.39, 0.29) is 11.9 Å². The molecule has 0 spiro atoms. The third kappa shape index (κ3) is 4.12. The van der Waals surface area contributed by atoms with Crippen molar-refractivity contribution in [2.75, 3.05) is 19.0 Å². The van der Waals surface area contributed by atoms with Crippen LogP contribution in [0.2, 0.25) is 0 Å². The monoisotopic (exact) mass is 456 g/mol. The minimum atomic E-state index is -0.0287. The van der Waals surface area contributed by atoms with Crippen molar-refractivity contribution in [1.29, 1.82) is 0 Å². The Bertz CT molecular complexity index is 1050. The largest absolute Gasteiger partial charge is 0.490 e. The summed E-state index contributed by atoms with van der Waals surface area (Å²) in [5.74, 6) is 1.85. The molecular formula is C22H20N2O3S3. The van der Waals surface area contributed by atoms with Crippen LogP contribution >= 0.6 is 34.4 Å². The van der Waals surface area contributed by atoms with E-state index >= 15 is 0 Å². The Morgan fingerprint density at radius 1 is 1.10 bits per heavy atom. The lowest BCUT2D eigenvalue weighted by molar-refractivity contribution is -0.130. The molecular weight excluding hydrogens is 436 g/mol. The van der Waals surface area contributed by atoms with Crippen molar-refractivity contribution in [2.24, 2.45) is 5.10 Å². The van der Waals surface area contributed by atoms with Gasteiger partial charge in [-0.05, 0) is 41.1 Å². The molecule has 0 radical (unpaired) electrons. The van der Waals surface area contributed by atoms with Crippen molar-refractivity contribution in [3.05, 3.63) is 63.0 Å². The average Bonchev–Trinajstić information content (AvgIpc) is 3.50. The predicted molar refractivity (Wildman–Crippen MR) is 122 cm³/mol. The highest BCUT2D eigenvalue weighted by Gasteiger charge is 2.33. The lowest BCUT2D eigenvalue weighted by atomic mass is 10.1. The van der Waals surface area contributed by atoms with Gasteiger partial charge in [-0.2, -0.15) is 5.10 Å². The highest BCUT2D eigenvalue weighted by atomic mass is 32.2. The molecule has 2 aliphatic heterocycles. The minimum Gasteiger partial charge on any atom is -0.490 e. The van der Waals surface area contributed by atoms with Crippen molar-refractivity contribution >= 4 is 46.1 Å². The average molecular weight is 457 g/mol. The topological polar surface area (TPSA) is 51.1 Å². The molecule has 0 fully saturated rings. The van der Waals surface area contributed by atoms with Gasteiger partial charge in [-0.1, -0.05) is 12.1 Å². The molecule has 0 N–H and O–H groups in total. The number of hydrogen-bond donors (Lipinski definition) is 0. The minimum absolute atomic E-state index is 0.0112. The molecule has 0 saturated carbocycles. The van der Waals surface area contributed by atoms with Crippen LogP contribution in [0.5, 0.6) is 11.5 Å².